The van der Waals surface area contributed by atoms with Crippen molar-refractivity contribution in [2.75, 3.05) is 11.1 Å². The number of anilines is 1. The molecule has 0 aliphatic heterocycles. The van der Waals surface area contributed by atoms with Gasteiger partial charge in [0.15, 0.2) is 0 Å². The fourth-order valence-corrected chi connectivity index (χ4v) is 3.73. The summed E-state index contributed by atoms with van der Waals surface area (Å²) in [4.78, 5) is 19.8. The van der Waals surface area contributed by atoms with Crippen LogP contribution in [0.4, 0.5) is 5.13 Å². The van der Waals surface area contributed by atoms with E-state index in [1.807, 2.05) is 30.3 Å². The van der Waals surface area contributed by atoms with E-state index in [0.29, 0.717) is 16.2 Å². The summed E-state index contributed by atoms with van der Waals surface area (Å²) in [5.41, 5.74) is 1.76. The van der Waals surface area contributed by atoms with Gasteiger partial charge in [0.1, 0.15) is 11.6 Å². The number of fused-ring (bicyclic) bond motifs is 1. The van der Waals surface area contributed by atoms with Gasteiger partial charge in [0.05, 0.1) is 0 Å². The summed E-state index contributed by atoms with van der Waals surface area (Å²) in [6.07, 6.45) is 3.35. The lowest BCUT2D eigenvalue weighted by Crippen LogP contribution is -2.13. The maximum Gasteiger partial charge on any atom is 0.268 e. The molecule has 0 aliphatic rings. The van der Waals surface area contributed by atoms with Crippen molar-refractivity contribution in [3.63, 3.8) is 0 Å². The van der Waals surface area contributed by atoms with Crippen molar-refractivity contribution in [3.8, 4) is 6.07 Å². The summed E-state index contributed by atoms with van der Waals surface area (Å²) >= 11 is 2.66. The molecule has 0 spiro atoms. The van der Waals surface area contributed by atoms with Crippen LogP contribution in [0.2, 0.25) is 0 Å². The predicted molar refractivity (Wildman–Crippen MR) is 106 cm³/mol. The summed E-state index contributed by atoms with van der Waals surface area (Å²) in [5.74, 6) is 0.953. The second kappa shape index (κ2) is 8.17. The number of carbonyl (C=O) groups excluding carboxylic acids is 1. The SMILES string of the molecule is CC(C)CSc1nsc(NC(=O)C(C#N)=Cc2c[nH]c3ccccc23)n1. The van der Waals surface area contributed by atoms with E-state index < -0.39 is 5.91 Å². The number of hydrogen-bond acceptors (Lipinski definition) is 6. The lowest BCUT2D eigenvalue weighted by Gasteiger charge is -2.00. The highest BCUT2D eigenvalue weighted by Crippen LogP contribution is 2.23. The van der Waals surface area contributed by atoms with Crippen LogP contribution < -0.4 is 5.32 Å². The molecule has 3 rings (SSSR count). The number of amides is 1. The predicted octanol–water partition coefficient (Wildman–Crippen LogP) is 4.31. The van der Waals surface area contributed by atoms with Gasteiger partial charge in [0.2, 0.25) is 10.3 Å². The van der Waals surface area contributed by atoms with Crippen LogP contribution in [-0.2, 0) is 4.79 Å². The number of thioether (sulfide) groups is 1. The van der Waals surface area contributed by atoms with Crippen molar-refractivity contribution < 1.29 is 4.79 Å². The van der Waals surface area contributed by atoms with Crippen LogP contribution in [0.25, 0.3) is 17.0 Å². The van der Waals surface area contributed by atoms with Crippen molar-refractivity contribution in [2.45, 2.75) is 19.0 Å². The van der Waals surface area contributed by atoms with Crippen molar-refractivity contribution in [1.82, 2.24) is 14.3 Å². The third kappa shape index (κ3) is 4.31. The smallest absolute Gasteiger partial charge is 0.268 e. The topological polar surface area (TPSA) is 94.5 Å². The van der Waals surface area contributed by atoms with Gasteiger partial charge >= 0.3 is 0 Å². The molecule has 3 aromatic rings. The minimum Gasteiger partial charge on any atom is -0.361 e. The van der Waals surface area contributed by atoms with E-state index in [1.54, 1.807) is 24.0 Å². The Bertz CT molecular complexity index is 996. The zero-order chi connectivity index (χ0) is 18.5. The molecule has 2 N–H and O–H groups in total. The normalized spacial score (nSPS) is 11.7. The molecule has 0 fully saturated rings. The van der Waals surface area contributed by atoms with Gasteiger partial charge in [-0.1, -0.05) is 43.8 Å². The number of para-hydroxylation sites is 1. The molecule has 26 heavy (non-hydrogen) atoms. The molecule has 0 bridgehead atoms. The van der Waals surface area contributed by atoms with E-state index in [9.17, 15) is 10.1 Å². The third-order valence-corrected chi connectivity index (χ3v) is 5.48. The largest absolute Gasteiger partial charge is 0.361 e. The van der Waals surface area contributed by atoms with Crippen molar-refractivity contribution in [1.29, 1.82) is 5.26 Å². The number of aromatic amines is 1. The van der Waals surface area contributed by atoms with Crippen molar-refractivity contribution in [2.24, 2.45) is 5.92 Å². The zero-order valence-electron chi connectivity index (χ0n) is 14.3. The third-order valence-electron chi connectivity index (χ3n) is 3.46. The first-order chi connectivity index (χ1) is 12.6. The van der Waals surface area contributed by atoms with E-state index in [4.69, 9.17) is 0 Å². The summed E-state index contributed by atoms with van der Waals surface area (Å²) < 4.78 is 4.21. The van der Waals surface area contributed by atoms with E-state index in [-0.39, 0.29) is 5.57 Å². The zero-order valence-corrected chi connectivity index (χ0v) is 15.9. The first-order valence-corrected chi connectivity index (χ1v) is 9.78. The lowest BCUT2D eigenvalue weighted by molar-refractivity contribution is -0.112. The van der Waals surface area contributed by atoms with Gasteiger partial charge in [-0.2, -0.15) is 14.6 Å². The van der Waals surface area contributed by atoms with E-state index in [0.717, 1.165) is 33.8 Å². The summed E-state index contributed by atoms with van der Waals surface area (Å²) in [5, 5.41) is 14.0. The average Bonchev–Trinajstić information content (AvgIpc) is 3.24. The Kier molecular flexibility index (Phi) is 5.71. The number of nitrogens with one attached hydrogen (secondary N) is 2. The Hall–Kier alpha value is -2.63. The maximum absolute atomic E-state index is 12.4. The number of nitriles is 1. The van der Waals surface area contributed by atoms with Crippen molar-refractivity contribution >= 4 is 51.3 Å². The number of rotatable bonds is 6. The van der Waals surface area contributed by atoms with Gasteiger partial charge in [-0.3, -0.25) is 10.1 Å². The Labute approximate surface area is 159 Å². The number of carbonyl (C=O) groups is 1. The molecular formula is C18H17N5OS2. The number of benzene rings is 1. The van der Waals surface area contributed by atoms with E-state index in [1.165, 1.54) is 0 Å². The van der Waals surface area contributed by atoms with Gasteiger partial charge in [0, 0.05) is 39.9 Å². The maximum atomic E-state index is 12.4. The van der Waals surface area contributed by atoms with Crippen LogP contribution >= 0.6 is 23.3 Å². The molecule has 0 radical (unpaired) electrons. The Morgan fingerprint density at radius 2 is 2.27 bits per heavy atom. The monoisotopic (exact) mass is 383 g/mol. The minimum atomic E-state index is -0.491. The van der Waals surface area contributed by atoms with Crippen LogP contribution in [0.5, 0.6) is 0 Å². The van der Waals surface area contributed by atoms with Gasteiger partial charge in [-0.15, -0.1) is 0 Å². The van der Waals surface area contributed by atoms with Gasteiger partial charge in [-0.05, 0) is 18.1 Å². The Morgan fingerprint density at radius 1 is 1.46 bits per heavy atom. The second-order valence-electron chi connectivity index (χ2n) is 6.00. The summed E-state index contributed by atoms with van der Waals surface area (Å²) in [7, 11) is 0. The van der Waals surface area contributed by atoms with E-state index >= 15 is 0 Å². The lowest BCUT2D eigenvalue weighted by atomic mass is 10.1. The minimum absolute atomic E-state index is 0.0151. The molecule has 0 aliphatic carbocycles. The molecule has 2 heterocycles. The quantitative estimate of drug-likeness (QED) is 0.376. The molecule has 0 unspecified atom stereocenters. The molecule has 132 valence electrons. The van der Waals surface area contributed by atoms with Crippen molar-refractivity contribution in [3.05, 3.63) is 41.6 Å². The second-order valence-corrected chi connectivity index (χ2v) is 7.74. The Morgan fingerprint density at radius 3 is 3.04 bits per heavy atom. The number of aromatic nitrogens is 3. The van der Waals surface area contributed by atoms with E-state index in [2.05, 4.69) is 33.5 Å². The van der Waals surface area contributed by atoms with Crippen LogP contribution in [0.15, 0.2) is 41.2 Å². The van der Waals surface area contributed by atoms with Crippen LogP contribution in [0, 0.1) is 17.2 Å². The Balaban J connectivity index is 1.74. The van der Waals surface area contributed by atoms with Gasteiger partial charge in [-0.25, -0.2) is 0 Å². The summed E-state index contributed by atoms with van der Waals surface area (Å²) in [6, 6.07) is 9.68. The fraction of sp³-hybridized carbons (Fsp3) is 0.222. The standard InChI is InChI=1S/C18H17N5OS2/c1-11(2)10-25-18-22-17(26-23-18)21-16(24)12(8-19)7-13-9-20-15-6-4-3-5-14(13)15/h3-7,9,11,20H,10H2,1-2H3,(H,21,22,23,24). The van der Waals surface area contributed by atoms with Crippen LogP contribution in [0.3, 0.4) is 0 Å². The highest BCUT2D eigenvalue weighted by atomic mass is 32.2. The average molecular weight is 384 g/mol. The van der Waals surface area contributed by atoms with Crippen LogP contribution in [0.1, 0.15) is 19.4 Å². The van der Waals surface area contributed by atoms with Crippen LogP contribution in [-0.4, -0.2) is 26.0 Å². The molecular weight excluding hydrogens is 366 g/mol. The first-order valence-electron chi connectivity index (χ1n) is 8.02. The van der Waals surface area contributed by atoms with Gasteiger partial charge in [0.25, 0.3) is 5.91 Å². The fourth-order valence-electron chi connectivity index (χ4n) is 2.24. The summed E-state index contributed by atoms with van der Waals surface area (Å²) in [6.45, 7) is 4.24. The molecule has 1 amide bonds. The molecule has 0 saturated carbocycles. The number of H-pyrrole nitrogens is 1. The highest BCUT2D eigenvalue weighted by molar-refractivity contribution is 7.99. The first kappa shape index (κ1) is 18.2. The highest BCUT2D eigenvalue weighted by Gasteiger charge is 2.14. The molecule has 2 aromatic heterocycles. The van der Waals surface area contributed by atoms with Gasteiger partial charge < -0.3 is 4.98 Å². The number of nitrogens with zero attached hydrogens (tertiary/aromatic N) is 3. The molecule has 6 nitrogen and oxygen atoms in total. The molecule has 8 heteroatoms. The molecule has 0 atom stereocenters. The number of hydrogen-bond donors (Lipinski definition) is 2. The molecule has 0 saturated heterocycles. The molecule has 1 aromatic carbocycles.